The zero-order valence-electron chi connectivity index (χ0n) is 29.5. The van der Waals surface area contributed by atoms with Crippen LogP contribution in [0.25, 0.3) is 11.0 Å². The molecule has 2 aliphatic heterocycles. The maximum atomic E-state index is 14.1. The van der Waals surface area contributed by atoms with Crippen LogP contribution in [0.4, 0.5) is 10.3 Å². The second-order valence-electron chi connectivity index (χ2n) is 13.6. The minimum Gasteiger partial charge on any atom is -0.493 e. The Morgan fingerprint density at radius 1 is 0.941 bits per heavy atom. The molecule has 11 heteroatoms. The van der Waals surface area contributed by atoms with Gasteiger partial charge in [-0.1, -0.05) is 30.3 Å². The lowest BCUT2D eigenvalue weighted by Gasteiger charge is -2.36. The second kappa shape index (κ2) is 15.0. The number of para-hydroxylation sites is 2. The Kier molecular flexibility index (Phi) is 10.1. The van der Waals surface area contributed by atoms with Crippen LogP contribution in [-0.4, -0.2) is 90.3 Å². The summed E-state index contributed by atoms with van der Waals surface area (Å²) < 4.78 is 32.8. The number of likely N-dealkylation sites (tertiary alicyclic amines) is 2. The van der Waals surface area contributed by atoms with Gasteiger partial charge < -0.3 is 33.9 Å². The third kappa shape index (κ3) is 7.21. The van der Waals surface area contributed by atoms with E-state index in [1.165, 1.54) is 12.1 Å². The van der Waals surface area contributed by atoms with Crippen molar-refractivity contribution in [3.63, 3.8) is 0 Å². The number of nitrogens with zero attached hydrogens (tertiary/aromatic N) is 5. The minimum atomic E-state index is -0.295. The second-order valence-corrected chi connectivity index (χ2v) is 13.6. The summed E-state index contributed by atoms with van der Waals surface area (Å²) in [4.78, 5) is 27.6. The number of aromatic nitrogens is 3. The van der Waals surface area contributed by atoms with Crippen molar-refractivity contribution in [2.75, 3.05) is 59.4 Å². The van der Waals surface area contributed by atoms with Crippen molar-refractivity contribution in [2.24, 2.45) is 0 Å². The normalized spacial score (nSPS) is 18.2. The number of methoxy groups -OCH3 is 3. The van der Waals surface area contributed by atoms with Gasteiger partial charge in [-0.25, -0.2) is 9.37 Å². The average molecular weight is 693 g/mol. The number of carbonyl (C=O) groups excluding carboxylic acids is 1. The van der Waals surface area contributed by atoms with Gasteiger partial charge >= 0.3 is 0 Å². The van der Waals surface area contributed by atoms with E-state index in [2.05, 4.69) is 44.0 Å². The Hall–Kier alpha value is -5.16. The smallest absolute Gasteiger partial charge is 0.254 e. The number of piperidine rings is 1. The molecule has 0 radical (unpaired) electrons. The SMILES string of the molecule is COc1cc(C(=O)N2CCC(CCN3CCC(Nc4nc5ccccc5n4Cc4cccnc4)CC3)(c3ccc(F)cc3)C2)cc(OC)c1OC. The molecule has 5 aromatic rings. The molecule has 2 aromatic heterocycles. The highest BCUT2D eigenvalue weighted by Crippen LogP contribution is 2.42. The van der Waals surface area contributed by atoms with Crippen LogP contribution in [0.1, 0.15) is 47.2 Å². The van der Waals surface area contributed by atoms with Gasteiger partial charge in [-0.3, -0.25) is 9.78 Å². The number of nitrogens with one attached hydrogen (secondary N) is 1. The molecule has 1 N–H and O–H groups in total. The molecule has 10 nitrogen and oxygen atoms in total. The molecule has 1 unspecified atom stereocenters. The fourth-order valence-corrected chi connectivity index (χ4v) is 7.70. The van der Waals surface area contributed by atoms with E-state index in [-0.39, 0.29) is 17.1 Å². The highest BCUT2D eigenvalue weighted by molar-refractivity contribution is 5.96. The van der Waals surface area contributed by atoms with E-state index in [1.54, 1.807) is 39.7 Å². The van der Waals surface area contributed by atoms with Crippen LogP contribution in [0.15, 0.2) is 85.2 Å². The Morgan fingerprint density at radius 3 is 2.37 bits per heavy atom. The number of benzene rings is 3. The molecule has 4 heterocycles. The van der Waals surface area contributed by atoms with Gasteiger partial charge in [-0.2, -0.15) is 0 Å². The average Bonchev–Trinajstić information content (AvgIpc) is 3.76. The molecule has 0 bridgehead atoms. The first kappa shape index (κ1) is 34.3. The number of fused-ring (bicyclic) bond motifs is 1. The van der Waals surface area contributed by atoms with Gasteiger partial charge in [0.15, 0.2) is 11.5 Å². The fourth-order valence-electron chi connectivity index (χ4n) is 7.70. The molecule has 1 atom stereocenters. The Bertz CT molecular complexity index is 1940. The Labute approximate surface area is 298 Å². The zero-order chi connectivity index (χ0) is 35.4. The Morgan fingerprint density at radius 2 is 1.69 bits per heavy atom. The monoisotopic (exact) mass is 692 g/mol. The molecular weight excluding hydrogens is 647 g/mol. The summed E-state index contributed by atoms with van der Waals surface area (Å²) in [6, 6.07) is 22.8. The van der Waals surface area contributed by atoms with Gasteiger partial charge in [0.2, 0.25) is 11.7 Å². The van der Waals surface area contributed by atoms with Gasteiger partial charge in [0.1, 0.15) is 5.82 Å². The van der Waals surface area contributed by atoms with Gasteiger partial charge in [0, 0.05) is 55.6 Å². The van der Waals surface area contributed by atoms with E-state index < -0.39 is 0 Å². The summed E-state index contributed by atoms with van der Waals surface area (Å²) in [6.07, 6.45) is 7.33. The summed E-state index contributed by atoms with van der Waals surface area (Å²) in [5.41, 5.74) is 4.44. The summed E-state index contributed by atoms with van der Waals surface area (Å²) in [5, 5.41) is 3.77. The highest BCUT2D eigenvalue weighted by Gasteiger charge is 2.42. The van der Waals surface area contributed by atoms with Crippen molar-refractivity contribution in [2.45, 2.75) is 43.7 Å². The topological polar surface area (TPSA) is 94.0 Å². The molecule has 2 saturated heterocycles. The van der Waals surface area contributed by atoms with Crippen LogP contribution in [0.3, 0.4) is 0 Å². The maximum Gasteiger partial charge on any atom is 0.254 e. The summed E-state index contributed by atoms with van der Waals surface area (Å²) in [7, 11) is 4.63. The molecule has 2 aliphatic rings. The van der Waals surface area contributed by atoms with Crippen molar-refractivity contribution in [3.8, 4) is 17.2 Å². The quantitative estimate of drug-likeness (QED) is 0.161. The van der Waals surface area contributed by atoms with Crippen LogP contribution in [-0.2, 0) is 12.0 Å². The molecule has 51 heavy (non-hydrogen) atoms. The lowest BCUT2D eigenvalue weighted by atomic mass is 9.76. The first-order valence-electron chi connectivity index (χ1n) is 17.6. The van der Waals surface area contributed by atoms with Gasteiger partial charge in [-0.15, -0.1) is 0 Å². The highest BCUT2D eigenvalue weighted by atomic mass is 19.1. The van der Waals surface area contributed by atoms with Crippen molar-refractivity contribution in [3.05, 3.63) is 108 Å². The van der Waals surface area contributed by atoms with Crippen molar-refractivity contribution >= 4 is 22.9 Å². The van der Waals surface area contributed by atoms with E-state index in [0.717, 1.165) is 73.4 Å². The summed E-state index contributed by atoms with van der Waals surface area (Å²) >= 11 is 0. The number of hydrogen-bond acceptors (Lipinski definition) is 8. The predicted octanol–water partition coefficient (Wildman–Crippen LogP) is 6.40. The van der Waals surface area contributed by atoms with Crippen LogP contribution >= 0.6 is 0 Å². The van der Waals surface area contributed by atoms with Crippen molar-refractivity contribution in [1.82, 2.24) is 24.3 Å². The van der Waals surface area contributed by atoms with Gasteiger partial charge in [-0.05, 0) is 85.8 Å². The number of halogens is 1. The first-order chi connectivity index (χ1) is 24.9. The zero-order valence-corrected chi connectivity index (χ0v) is 29.5. The third-order valence-corrected chi connectivity index (χ3v) is 10.6. The molecule has 0 saturated carbocycles. The molecule has 266 valence electrons. The van der Waals surface area contributed by atoms with Gasteiger partial charge in [0.25, 0.3) is 5.91 Å². The maximum absolute atomic E-state index is 14.1. The number of imidazole rings is 1. The number of amides is 1. The first-order valence-corrected chi connectivity index (χ1v) is 17.6. The van der Waals surface area contributed by atoms with Gasteiger partial charge in [0.05, 0.1) is 38.9 Å². The largest absolute Gasteiger partial charge is 0.493 e. The number of hydrogen-bond donors (Lipinski definition) is 1. The van der Waals surface area contributed by atoms with E-state index in [0.29, 0.717) is 48.5 Å². The van der Waals surface area contributed by atoms with Crippen LogP contribution in [0.2, 0.25) is 0 Å². The molecule has 0 aliphatic carbocycles. The number of anilines is 1. The molecule has 3 aromatic carbocycles. The van der Waals surface area contributed by atoms with E-state index >= 15 is 0 Å². The summed E-state index contributed by atoms with van der Waals surface area (Å²) in [6.45, 7) is 4.62. The van der Waals surface area contributed by atoms with Crippen LogP contribution in [0, 0.1) is 5.82 Å². The molecule has 7 rings (SSSR count). The standard InChI is InChI=1S/C40H45FN6O4/c1-49-35-23-29(24-36(50-2)37(35)51-3)38(48)46-22-17-40(27-46,30-10-12-31(41)13-11-30)16-21-45-19-14-32(15-20-45)43-39-44-33-8-4-5-9-34(33)47(39)26-28-7-6-18-42-25-28/h4-13,18,23-25,32H,14-17,19-22,26-27H2,1-3H3,(H,43,44). The van der Waals surface area contributed by atoms with Crippen LogP contribution in [0.5, 0.6) is 17.2 Å². The fraction of sp³-hybridized carbons (Fsp3) is 0.375. The lowest BCUT2D eigenvalue weighted by Crippen LogP contribution is -2.42. The third-order valence-electron chi connectivity index (χ3n) is 10.6. The molecule has 0 spiro atoms. The number of pyridine rings is 1. The Balaban J connectivity index is 1.02. The molecular formula is C40H45FN6O4. The lowest BCUT2D eigenvalue weighted by molar-refractivity contribution is 0.0779. The number of ether oxygens (including phenoxy) is 3. The minimum absolute atomic E-state index is 0.0975. The predicted molar refractivity (Wildman–Crippen MR) is 195 cm³/mol. The molecule has 1 amide bonds. The van der Waals surface area contributed by atoms with E-state index in [4.69, 9.17) is 19.2 Å². The molecule has 2 fully saturated rings. The van der Waals surface area contributed by atoms with Crippen molar-refractivity contribution in [1.29, 1.82) is 0 Å². The summed E-state index contributed by atoms with van der Waals surface area (Å²) in [5.74, 6) is 1.85. The number of rotatable bonds is 12. The van der Waals surface area contributed by atoms with E-state index in [9.17, 15) is 9.18 Å². The van der Waals surface area contributed by atoms with E-state index in [1.807, 2.05) is 35.4 Å². The van der Waals surface area contributed by atoms with Crippen LogP contribution < -0.4 is 19.5 Å². The van der Waals surface area contributed by atoms with Crippen molar-refractivity contribution < 1.29 is 23.4 Å². The number of carbonyl (C=O) groups is 1.